The Morgan fingerprint density at radius 3 is 2.56 bits per heavy atom. The number of halogens is 2. The largest absolute Gasteiger partial charge is 0.396 e. The van der Waals surface area contributed by atoms with Crippen LogP contribution in [-0.4, -0.2) is 42.8 Å². The van der Waals surface area contributed by atoms with Crippen molar-refractivity contribution in [3.05, 3.63) is 33.8 Å². The van der Waals surface area contributed by atoms with Crippen LogP contribution in [0, 0.1) is 0 Å². The summed E-state index contributed by atoms with van der Waals surface area (Å²) >= 11 is 12.0. The quantitative estimate of drug-likeness (QED) is 0.893. The summed E-state index contributed by atoms with van der Waals surface area (Å²) in [6.07, 6.45) is 0.720. The van der Waals surface area contributed by atoms with Crippen molar-refractivity contribution in [1.29, 1.82) is 0 Å². The first-order chi connectivity index (χ1) is 8.72. The minimum Gasteiger partial charge on any atom is -0.396 e. The van der Waals surface area contributed by atoms with Gasteiger partial charge in [-0.2, -0.15) is 0 Å². The molecule has 0 saturated carbocycles. The van der Waals surface area contributed by atoms with E-state index >= 15 is 0 Å². The van der Waals surface area contributed by atoms with Crippen molar-refractivity contribution in [2.75, 3.05) is 32.8 Å². The lowest BCUT2D eigenvalue weighted by Gasteiger charge is -2.35. The zero-order valence-electron chi connectivity index (χ0n) is 10.2. The van der Waals surface area contributed by atoms with Crippen molar-refractivity contribution >= 4 is 23.2 Å². The van der Waals surface area contributed by atoms with E-state index in [-0.39, 0.29) is 12.6 Å². The molecule has 1 aliphatic rings. The number of aliphatic hydroxyl groups is 1. The number of rotatable bonds is 4. The van der Waals surface area contributed by atoms with Crippen LogP contribution in [0.25, 0.3) is 0 Å². The Kier molecular flexibility index (Phi) is 5.27. The molecular weight excluding hydrogens is 271 g/mol. The van der Waals surface area contributed by atoms with Crippen LogP contribution in [0.3, 0.4) is 0 Å². The van der Waals surface area contributed by atoms with E-state index in [0.717, 1.165) is 38.2 Å². The van der Waals surface area contributed by atoms with E-state index in [1.54, 1.807) is 0 Å². The third-order valence-corrected chi connectivity index (χ3v) is 4.06. The number of nitrogens with zero attached hydrogens (tertiary/aromatic N) is 1. The summed E-state index contributed by atoms with van der Waals surface area (Å²) in [7, 11) is 0. The van der Waals surface area contributed by atoms with E-state index in [2.05, 4.69) is 10.2 Å². The van der Waals surface area contributed by atoms with Gasteiger partial charge < -0.3 is 10.4 Å². The van der Waals surface area contributed by atoms with Gasteiger partial charge in [-0.25, -0.2) is 0 Å². The van der Waals surface area contributed by atoms with Crippen LogP contribution in [0.1, 0.15) is 18.0 Å². The zero-order valence-corrected chi connectivity index (χ0v) is 11.7. The van der Waals surface area contributed by atoms with Gasteiger partial charge in [0, 0.05) is 38.8 Å². The van der Waals surface area contributed by atoms with Crippen molar-refractivity contribution in [1.82, 2.24) is 10.2 Å². The number of nitrogens with one attached hydrogen (secondary N) is 1. The van der Waals surface area contributed by atoms with Crippen molar-refractivity contribution in [2.24, 2.45) is 0 Å². The van der Waals surface area contributed by atoms with Crippen LogP contribution in [0.15, 0.2) is 18.2 Å². The van der Waals surface area contributed by atoms with Crippen LogP contribution in [0.4, 0.5) is 0 Å². The Hall–Kier alpha value is -0.320. The molecule has 0 aromatic heterocycles. The summed E-state index contributed by atoms with van der Waals surface area (Å²) in [5.74, 6) is 0. The normalized spacial score (nSPS) is 18.8. The molecule has 1 aromatic carbocycles. The van der Waals surface area contributed by atoms with E-state index in [9.17, 15) is 5.11 Å². The van der Waals surface area contributed by atoms with Gasteiger partial charge in [-0.05, 0) is 24.1 Å². The molecule has 1 atom stereocenters. The maximum Gasteiger partial charge on any atom is 0.0595 e. The Morgan fingerprint density at radius 2 is 1.94 bits per heavy atom. The second-order valence-corrected chi connectivity index (χ2v) is 5.30. The molecule has 0 bridgehead atoms. The lowest BCUT2D eigenvalue weighted by atomic mass is 10.0. The molecule has 2 N–H and O–H groups in total. The van der Waals surface area contributed by atoms with Crippen LogP contribution >= 0.6 is 23.2 Å². The average Bonchev–Trinajstić information content (AvgIpc) is 2.40. The molecule has 0 amide bonds. The van der Waals surface area contributed by atoms with Crippen molar-refractivity contribution < 1.29 is 5.11 Å². The number of hydrogen-bond donors (Lipinski definition) is 2. The predicted molar refractivity (Wildman–Crippen MR) is 75.3 cm³/mol. The van der Waals surface area contributed by atoms with Gasteiger partial charge in [0.1, 0.15) is 0 Å². The molecular formula is C13H18Cl2N2O. The highest BCUT2D eigenvalue weighted by Gasteiger charge is 2.22. The van der Waals surface area contributed by atoms with Crippen LogP contribution < -0.4 is 5.32 Å². The molecule has 1 heterocycles. The van der Waals surface area contributed by atoms with Gasteiger partial charge in [0.05, 0.1) is 10.0 Å². The number of hydrogen-bond acceptors (Lipinski definition) is 3. The van der Waals surface area contributed by atoms with Crippen molar-refractivity contribution in [2.45, 2.75) is 12.5 Å². The Balaban J connectivity index is 2.19. The summed E-state index contributed by atoms with van der Waals surface area (Å²) in [6, 6.07) is 5.95. The standard InChI is InChI=1S/C13H18Cl2N2O/c14-11-2-1-10(9-12(11)15)13(3-8-18)17-6-4-16-5-7-17/h1-2,9,13,16,18H,3-8H2/t13-/m1/s1. The average molecular weight is 289 g/mol. The van der Waals surface area contributed by atoms with Gasteiger partial charge in [-0.3, -0.25) is 4.90 Å². The smallest absolute Gasteiger partial charge is 0.0595 e. The second-order valence-electron chi connectivity index (χ2n) is 4.49. The van der Waals surface area contributed by atoms with Gasteiger partial charge in [0.25, 0.3) is 0 Å². The molecule has 2 rings (SSSR count). The lowest BCUT2D eigenvalue weighted by Crippen LogP contribution is -2.45. The van der Waals surface area contributed by atoms with E-state index in [1.165, 1.54) is 0 Å². The Morgan fingerprint density at radius 1 is 1.22 bits per heavy atom. The third-order valence-electron chi connectivity index (χ3n) is 3.32. The first-order valence-electron chi connectivity index (χ1n) is 6.23. The van der Waals surface area contributed by atoms with Gasteiger partial charge >= 0.3 is 0 Å². The summed E-state index contributed by atoms with van der Waals surface area (Å²) in [5, 5.41) is 13.7. The molecule has 1 saturated heterocycles. The van der Waals surface area contributed by atoms with E-state index in [0.29, 0.717) is 10.0 Å². The first-order valence-corrected chi connectivity index (χ1v) is 6.98. The van der Waals surface area contributed by atoms with Crippen molar-refractivity contribution in [3.8, 4) is 0 Å². The zero-order chi connectivity index (χ0) is 13.0. The molecule has 0 spiro atoms. The molecule has 1 fully saturated rings. The SMILES string of the molecule is OCC[C@H](c1ccc(Cl)c(Cl)c1)N1CCNCC1. The highest BCUT2D eigenvalue weighted by Crippen LogP contribution is 2.30. The van der Waals surface area contributed by atoms with E-state index < -0.39 is 0 Å². The lowest BCUT2D eigenvalue weighted by molar-refractivity contribution is 0.141. The fraction of sp³-hybridized carbons (Fsp3) is 0.538. The van der Waals surface area contributed by atoms with Crippen LogP contribution in [0.2, 0.25) is 10.0 Å². The topological polar surface area (TPSA) is 35.5 Å². The fourth-order valence-corrected chi connectivity index (χ4v) is 2.70. The Labute approximate surface area is 118 Å². The monoisotopic (exact) mass is 288 g/mol. The minimum atomic E-state index is 0.175. The minimum absolute atomic E-state index is 0.175. The van der Waals surface area contributed by atoms with E-state index in [1.807, 2.05) is 18.2 Å². The molecule has 3 nitrogen and oxygen atoms in total. The molecule has 0 unspecified atom stereocenters. The molecule has 100 valence electrons. The summed E-state index contributed by atoms with van der Waals surface area (Å²) in [5.41, 5.74) is 1.13. The number of piperazine rings is 1. The molecule has 18 heavy (non-hydrogen) atoms. The maximum atomic E-state index is 9.25. The van der Waals surface area contributed by atoms with E-state index in [4.69, 9.17) is 23.2 Å². The second kappa shape index (κ2) is 6.73. The molecule has 1 aliphatic heterocycles. The maximum absolute atomic E-state index is 9.25. The van der Waals surface area contributed by atoms with Crippen LogP contribution in [-0.2, 0) is 0 Å². The number of benzene rings is 1. The third kappa shape index (κ3) is 3.37. The van der Waals surface area contributed by atoms with Gasteiger partial charge in [-0.15, -0.1) is 0 Å². The van der Waals surface area contributed by atoms with Crippen molar-refractivity contribution in [3.63, 3.8) is 0 Å². The summed E-state index contributed by atoms with van der Waals surface area (Å²) in [6.45, 7) is 4.14. The molecule has 1 aromatic rings. The molecule has 0 aliphatic carbocycles. The first kappa shape index (κ1) is 14.1. The van der Waals surface area contributed by atoms with Crippen LogP contribution in [0.5, 0.6) is 0 Å². The summed E-state index contributed by atoms with van der Waals surface area (Å²) < 4.78 is 0. The highest BCUT2D eigenvalue weighted by molar-refractivity contribution is 6.42. The molecule has 0 radical (unpaired) electrons. The highest BCUT2D eigenvalue weighted by atomic mass is 35.5. The predicted octanol–water partition coefficient (Wildman–Crippen LogP) is 2.32. The number of aliphatic hydroxyl groups excluding tert-OH is 1. The summed E-state index contributed by atoms with van der Waals surface area (Å²) in [4.78, 5) is 2.38. The fourth-order valence-electron chi connectivity index (χ4n) is 2.40. The van der Waals surface area contributed by atoms with Gasteiger partial charge in [0.15, 0.2) is 0 Å². The Bertz CT molecular complexity index is 395. The van der Waals surface area contributed by atoms with Gasteiger partial charge in [-0.1, -0.05) is 29.3 Å². The van der Waals surface area contributed by atoms with Gasteiger partial charge in [0.2, 0.25) is 0 Å². The molecule has 5 heteroatoms.